The van der Waals surface area contributed by atoms with E-state index in [1.54, 1.807) is 0 Å². The van der Waals surface area contributed by atoms with Gasteiger partial charge in [-0.3, -0.25) is 0 Å². The minimum absolute atomic E-state index is 0.158. The fourth-order valence-corrected chi connectivity index (χ4v) is 1.27. The van der Waals surface area contributed by atoms with Crippen molar-refractivity contribution in [2.24, 2.45) is 5.73 Å². The predicted molar refractivity (Wildman–Crippen MR) is 48.6 cm³/mol. The highest BCUT2D eigenvalue weighted by atomic mass is 16.7. The lowest BCUT2D eigenvalue weighted by molar-refractivity contribution is 0.174. The summed E-state index contributed by atoms with van der Waals surface area (Å²) in [6, 6.07) is 5.69. The Kier molecular flexibility index (Phi) is 2.08. The molecule has 0 aliphatic carbocycles. The highest BCUT2D eigenvalue weighted by Gasteiger charge is 2.14. The molecule has 1 heterocycles. The van der Waals surface area contributed by atoms with Crippen LogP contribution in [0.2, 0.25) is 0 Å². The maximum atomic E-state index is 5.78. The normalized spacial score (nSPS) is 15.8. The second-order valence-corrected chi connectivity index (χ2v) is 2.88. The van der Waals surface area contributed by atoms with E-state index < -0.39 is 0 Å². The number of fused-ring (bicyclic) bond motifs is 1. The van der Waals surface area contributed by atoms with Crippen molar-refractivity contribution in [1.82, 2.24) is 5.32 Å². The Bertz CT molecular complexity index is 314. The smallest absolute Gasteiger partial charge is 0.231 e. The molecule has 2 rings (SSSR count). The number of nitrogens with two attached hydrogens (primary N) is 1. The van der Waals surface area contributed by atoms with E-state index in [4.69, 9.17) is 15.2 Å². The molecule has 4 nitrogen and oxygen atoms in total. The van der Waals surface area contributed by atoms with Crippen molar-refractivity contribution in [3.8, 4) is 11.5 Å². The zero-order valence-electron chi connectivity index (χ0n) is 7.41. The van der Waals surface area contributed by atoms with Crippen LogP contribution < -0.4 is 20.5 Å². The zero-order valence-corrected chi connectivity index (χ0v) is 7.41. The van der Waals surface area contributed by atoms with E-state index >= 15 is 0 Å². The largest absolute Gasteiger partial charge is 0.454 e. The van der Waals surface area contributed by atoms with Gasteiger partial charge in [-0.25, -0.2) is 0 Å². The molecule has 0 bridgehead atoms. The van der Waals surface area contributed by atoms with Crippen LogP contribution in [0, 0.1) is 0 Å². The van der Waals surface area contributed by atoms with E-state index in [1.165, 1.54) is 0 Å². The Morgan fingerprint density at radius 2 is 2.15 bits per heavy atom. The van der Waals surface area contributed by atoms with E-state index in [1.807, 2.05) is 25.2 Å². The number of rotatable bonds is 2. The first-order valence-electron chi connectivity index (χ1n) is 4.13. The van der Waals surface area contributed by atoms with Gasteiger partial charge in [0.2, 0.25) is 6.79 Å². The van der Waals surface area contributed by atoms with Gasteiger partial charge in [0.05, 0.1) is 6.17 Å². The van der Waals surface area contributed by atoms with Gasteiger partial charge in [-0.1, -0.05) is 6.07 Å². The van der Waals surface area contributed by atoms with Gasteiger partial charge in [0, 0.05) is 0 Å². The van der Waals surface area contributed by atoms with E-state index in [9.17, 15) is 0 Å². The van der Waals surface area contributed by atoms with Gasteiger partial charge in [0.25, 0.3) is 0 Å². The third kappa shape index (κ3) is 1.46. The van der Waals surface area contributed by atoms with E-state index in [-0.39, 0.29) is 6.17 Å². The molecule has 0 spiro atoms. The van der Waals surface area contributed by atoms with Crippen LogP contribution in [-0.2, 0) is 0 Å². The molecule has 1 atom stereocenters. The summed E-state index contributed by atoms with van der Waals surface area (Å²) in [6.07, 6.45) is -0.158. The number of hydrogen-bond acceptors (Lipinski definition) is 4. The Morgan fingerprint density at radius 1 is 1.38 bits per heavy atom. The molecular weight excluding hydrogens is 168 g/mol. The minimum Gasteiger partial charge on any atom is -0.454 e. The molecule has 1 aromatic rings. The van der Waals surface area contributed by atoms with Crippen molar-refractivity contribution in [1.29, 1.82) is 0 Å². The summed E-state index contributed by atoms with van der Waals surface area (Å²) in [5, 5.41) is 2.95. The van der Waals surface area contributed by atoms with E-state index in [2.05, 4.69) is 5.32 Å². The van der Waals surface area contributed by atoms with Crippen molar-refractivity contribution in [3.63, 3.8) is 0 Å². The fraction of sp³-hybridized carbons (Fsp3) is 0.333. The SMILES string of the molecule is CNC(N)c1ccc2c(c1)OCO2. The second kappa shape index (κ2) is 3.24. The van der Waals surface area contributed by atoms with Crippen LogP contribution in [0.15, 0.2) is 18.2 Å². The Morgan fingerprint density at radius 3 is 2.92 bits per heavy atom. The van der Waals surface area contributed by atoms with Gasteiger partial charge in [-0.05, 0) is 24.7 Å². The topological polar surface area (TPSA) is 56.5 Å². The first kappa shape index (κ1) is 8.34. The van der Waals surface area contributed by atoms with Crippen LogP contribution in [0.1, 0.15) is 11.7 Å². The molecule has 0 fully saturated rings. The summed E-state index contributed by atoms with van der Waals surface area (Å²) in [4.78, 5) is 0. The lowest BCUT2D eigenvalue weighted by atomic mass is 10.1. The minimum atomic E-state index is -0.158. The molecule has 4 heteroatoms. The molecule has 0 amide bonds. The lowest BCUT2D eigenvalue weighted by Crippen LogP contribution is -2.24. The molecule has 1 aromatic carbocycles. The molecule has 3 N–H and O–H groups in total. The predicted octanol–water partition coefficient (Wildman–Crippen LogP) is 0.592. The quantitative estimate of drug-likeness (QED) is 0.654. The lowest BCUT2D eigenvalue weighted by Gasteiger charge is -2.10. The van der Waals surface area contributed by atoms with Gasteiger partial charge in [0.1, 0.15) is 0 Å². The van der Waals surface area contributed by atoms with Crippen molar-refractivity contribution >= 4 is 0 Å². The maximum absolute atomic E-state index is 5.78. The fourth-order valence-electron chi connectivity index (χ4n) is 1.27. The van der Waals surface area contributed by atoms with Crippen molar-refractivity contribution in [2.45, 2.75) is 6.17 Å². The van der Waals surface area contributed by atoms with E-state index in [0.717, 1.165) is 17.1 Å². The number of hydrogen-bond donors (Lipinski definition) is 2. The monoisotopic (exact) mass is 180 g/mol. The summed E-state index contributed by atoms with van der Waals surface area (Å²) in [5.74, 6) is 1.55. The average Bonchev–Trinajstić information content (AvgIpc) is 2.63. The Labute approximate surface area is 76.6 Å². The molecule has 0 aromatic heterocycles. The summed E-state index contributed by atoms with van der Waals surface area (Å²) in [5.41, 5.74) is 6.77. The Balaban J connectivity index is 2.30. The second-order valence-electron chi connectivity index (χ2n) is 2.88. The third-order valence-electron chi connectivity index (χ3n) is 2.07. The van der Waals surface area contributed by atoms with Gasteiger partial charge < -0.3 is 20.5 Å². The summed E-state index contributed by atoms with van der Waals surface area (Å²) < 4.78 is 10.4. The van der Waals surface area contributed by atoms with Crippen LogP contribution in [0.4, 0.5) is 0 Å². The van der Waals surface area contributed by atoms with Crippen molar-refractivity contribution < 1.29 is 9.47 Å². The number of benzene rings is 1. The zero-order chi connectivity index (χ0) is 9.26. The number of ether oxygens (including phenoxy) is 2. The average molecular weight is 180 g/mol. The van der Waals surface area contributed by atoms with Gasteiger partial charge in [0.15, 0.2) is 11.5 Å². The molecule has 0 saturated carbocycles. The van der Waals surface area contributed by atoms with Gasteiger partial charge >= 0.3 is 0 Å². The molecule has 0 radical (unpaired) electrons. The molecule has 13 heavy (non-hydrogen) atoms. The highest BCUT2D eigenvalue weighted by Crippen LogP contribution is 2.33. The first-order chi connectivity index (χ1) is 6.31. The van der Waals surface area contributed by atoms with Crippen molar-refractivity contribution in [3.05, 3.63) is 23.8 Å². The first-order valence-corrected chi connectivity index (χ1v) is 4.13. The van der Waals surface area contributed by atoms with Crippen LogP contribution in [0.3, 0.4) is 0 Å². The standard InChI is InChI=1S/C9H12N2O2/c1-11-9(10)6-2-3-7-8(4-6)13-5-12-7/h2-4,9,11H,5,10H2,1H3. The summed E-state index contributed by atoms with van der Waals surface area (Å²) in [6.45, 7) is 0.299. The van der Waals surface area contributed by atoms with Gasteiger partial charge in [-0.15, -0.1) is 0 Å². The highest BCUT2D eigenvalue weighted by molar-refractivity contribution is 5.45. The van der Waals surface area contributed by atoms with Crippen LogP contribution in [0.5, 0.6) is 11.5 Å². The number of nitrogens with one attached hydrogen (secondary N) is 1. The van der Waals surface area contributed by atoms with E-state index in [0.29, 0.717) is 6.79 Å². The maximum Gasteiger partial charge on any atom is 0.231 e. The summed E-state index contributed by atoms with van der Waals surface area (Å²) in [7, 11) is 1.81. The van der Waals surface area contributed by atoms with Crippen molar-refractivity contribution in [2.75, 3.05) is 13.8 Å². The molecule has 1 aliphatic heterocycles. The van der Waals surface area contributed by atoms with Gasteiger partial charge in [-0.2, -0.15) is 0 Å². The van der Waals surface area contributed by atoms with Crippen LogP contribution in [-0.4, -0.2) is 13.8 Å². The molecule has 1 unspecified atom stereocenters. The Hall–Kier alpha value is -1.26. The molecular formula is C9H12N2O2. The van der Waals surface area contributed by atoms with Crippen LogP contribution in [0.25, 0.3) is 0 Å². The molecule has 1 aliphatic rings. The summed E-state index contributed by atoms with van der Waals surface area (Å²) >= 11 is 0. The van der Waals surface area contributed by atoms with Crippen LogP contribution >= 0.6 is 0 Å². The molecule has 70 valence electrons. The third-order valence-corrected chi connectivity index (χ3v) is 2.07. The molecule has 0 saturated heterocycles.